The van der Waals surface area contributed by atoms with Crippen LogP contribution in [0.3, 0.4) is 0 Å². The number of hydrogen-bond donors (Lipinski definition) is 2. The van der Waals surface area contributed by atoms with Crippen molar-refractivity contribution < 1.29 is 37.3 Å². The van der Waals surface area contributed by atoms with E-state index in [-0.39, 0.29) is 31.5 Å². The van der Waals surface area contributed by atoms with Crippen LogP contribution in [-0.4, -0.2) is 74.3 Å². The van der Waals surface area contributed by atoms with Gasteiger partial charge in [0.05, 0.1) is 33.8 Å². The van der Waals surface area contributed by atoms with Crippen LogP contribution < -0.4 is 5.32 Å². The Bertz CT molecular complexity index is 1930. The fraction of sp³-hybridized carbons (Fsp3) is 0.753. The van der Waals surface area contributed by atoms with E-state index >= 15 is 0 Å². The summed E-state index contributed by atoms with van der Waals surface area (Å²) in [4.78, 5) is 38.0. The SMILES string of the molecule is CC/C=C\C/C=C\C/C=C\C/C=C\C/C=C\C/C=C\CCCCCCCCCCC(=O)NC(COP(=O)(O)OCC[N+](C)(C)C)C(/C=C/CCCCCCCCCCCCC)OC(=O)CCCCCCCCCCCCCCCCC/C=C\C/C=C\CCCCC. The number of carbonyl (C=O) groups excluding carboxylic acids is 2. The Morgan fingerprint density at radius 2 is 0.703 bits per heavy atom. The summed E-state index contributed by atoms with van der Waals surface area (Å²) in [6.45, 7) is 6.90. The summed E-state index contributed by atoms with van der Waals surface area (Å²) in [6, 6.07) is -0.860. The molecule has 0 radical (unpaired) electrons. The number of amides is 1. The van der Waals surface area contributed by atoms with Gasteiger partial charge in [0.25, 0.3) is 0 Å². The van der Waals surface area contributed by atoms with E-state index in [1.807, 2.05) is 33.3 Å². The Morgan fingerprint density at radius 3 is 1.08 bits per heavy atom. The number of carbonyl (C=O) groups is 2. The molecule has 526 valence electrons. The molecule has 0 fully saturated rings. The highest BCUT2D eigenvalue weighted by atomic mass is 31.2. The number of allylic oxidation sites excluding steroid dienone is 17. The molecule has 3 atom stereocenters. The number of phosphoric acid groups is 1. The summed E-state index contributed by atoms with van der Waals surface area (Å²) >= 11 is 0. The second-order valence-electron chi connectivity index (χ2n) is 26.8. The van der Waals surface area contributed by atoms with Gasteiger partial charge in [-0.25, -0.2) is 4.57 Å². The van der Waals surface area contributed by atoms with Crippen molar-refractivity contribution in [1.29, 1.82) is 0 Å². The highest BCUT2D eigenvalue weighted by Crippen LogP contribution is 2.43. The molecule has 91 heavy (non-hydrogen) atoms. The van der Waals surface area contributed by atoms with Crippen molar-refractivity contribution in [2.24, 2.45) is 0 Å². The smallest absolute Gasteiger partial charge is 0.456 e. The number of rotatable bonds is 69. The average molecular weight is 1290 g/mol. The van der Waals surface area contributed by atoms with Crippen molar-refractivity contribution in [3.05, 3.63) is 109 Å². The summed E-state index contributed by atoms with van der Waals surface area (Å²) in [5.74, 6) is -0.508. The highest BCUT2D eigenvalue weighted by molar-refractivity contribution is 7.47. The quantitative estimate of drug-likeness (QED) is 0.0205. The second-order valence-corrected chi connectivity index (χ2v) is 28.2. The van der Waals surface area contributed by atoms with E-state index in [2.05, 4.69) is 123 Å². The van der Waals surface area contributed by atoms with Crippen LogP contribution in [0.25, 0.3) is 0 Å². The standard InChI is InChI=1S/C81H145N2O7P/c1-7-10-13-16-19-22-25-28-30-32-34-36-38-40-41-43-44-46-48-50-52-55-58-61-64-67-70-73-80(84)82-78(77-89-91(86,87)88-76-75-83(4,5)6)79(72-69-66-63-60-57-54-27-24-21-18-15-12-9-3)90-81(85)74-71-68-65-62-59-56-53-51-49-47-45-42-39-37-35-33-31-29-26-23-20-17-14-11-8-2/h10,13,19-20,22-23,28-31,34,36,40-41,44,46,69,72,78-79H,7-9,11-12,14-18,21,24-27,32-33,35,37-39,42-43,45,47-68,70-71,73-77H2,1-6H3,(H-,82,84,86,87)/p+1/b13-10-,22-19-,23-20-,30-28-,31-29-,36-34-,41-40-,46-44-,72-69+. The van der Waals surface area contributed by atoms with Crippen LogP contribution in [0.15, 0.2) is 109 Å². The molecule has 0 aliphatic rings. The minimum Gasteiger partial charge on any atom is -0.456 e. The molecule has 10 heteroatoms. The van der Waals surface area contributed by atoms with E-state index in [1.54, 1.807) is 0 Å². The van der Waals surface area contributed by atoms with Crippen LogP contribution in [0.5, 0.6) is 0 Å². The zero-order valence-corrected chi connectivity index (χ0v) is 61.2. The first-order valence-electron chi connectivity index (χ1n) is 38.2. The third-order valence-corrected chi connectivity index (χ3v) is 17.7. The average Bonchev–Trinajstić information content (AvgIpc) is 3.45. The maximum absolute atomic E-state index is 13.7. The molecule has 0 spiro atoms. The molecule has 0 aromatic heterocycles. The van der Waals surface area contributed by atoms with Gasteiger partial charge in [0.1, 0.15) is 19.3 Å². The summed E-state index contributed by atoms with van der Waals surface area (Å²) in [5.41, 5.74) is 0. The number of phosphoric ester groups is 1. The van der Waals surface area contributed by atoms with Gasteiger partial charge in [0, 0.05) is 12.8 Å². The van der Waals surface area contributed by atoms with Gasteiger partial charge in [-0.2, -0.15) is 0 Å². The predicted octanol–water partition coefficient (Wildman–Crippen LogP) is 24.8. The zero-order valence-electron chi connectivity index (χ0n) is 60.3. The normalized spacial score (nSPS) is 14.1. The Labute approximate surface area is 563 Å². The Balaban J connectivity index is 5.05. The molecule has 0 heterocycles. The van der Waals surface area contributed by atoms with Crippen molar-refractivity contribution in [2.75, 3.05) is 40.9 Å². The number of likely N-dealkylation sites (N-methyl/N-ethyl adjacent to an activating group) is 1. The molecule has 3 unspecified atom stereocenters. The van der Waals surface area contributed by atoms with Crippen molar-refractivity contribution in [2.45, 2.75) is 354 Å². The van der Waals surface area contributed by atoms with Crippen molar-refractivity contribution in [3.63, 3.8) is 0 Å². The number of nitrogens with zero attached hydrogens (tertiary/aromatic N) is 1. The molecule has 0 aromatic carbocycles. The van der Waals surface area contributed by atoms with Crippen molar-refractivity contribution in [3.8, 4) is 0 Å². The monoisotopic (exact) mass is 1290 g/mol. The van der Waals surface area contributed by atoms with E-state index in [4.69, 9.17) is 13.8 Å². The van der Waals surface area contributed by atoms with Gasteiger partial charge in [-0.1, -0.05) is 323 Å². The van der Waals surface area contributed by atoms with Gasteiger partial charge in [-0.05, 0) is 115 Å². The molecule has 0 saturated heterocycles. The third-order valence-electron chi connectivity index (χ3n) is 16.7. The lowest BCUT2D eigenvalue weighted by atomic mass is 10.0. The molecule has 0 saturated carbocycles. The van der Waals surface area contributed by atoms with E-state index in [1.165, 1.54) is 193 Å². The van der Waals surface area contributed by atoms with Gasteiger partial charge >= 0.3 is 13.8 Å². The Kier molecular flexibility index (Phi) is 67.0. The Morgan fingerprint density at radius 1 is 0.396 bits per heavy atom. The summed E-state index contributed by atoms with van der Waals surface area (Å²) < 4.78 is 30.9. The predicted molar refractivity (Wildman–Crippen MR) is 397 cm³/mol. The fourth-order valence-corrected chi connectivity index (χ4v) is 11.6. The second kappa shape index (κ2) is 69.5. The third kappa shape index (κ3) is 70.8. The van der Waals surface area contributed by atoms with E-state index in [9.17, 15) is 19.0 Å². The molecule has 0 aromatic rings. The van der Waals surface area contributed by atoms with Crippen LogP contribution in [0.2, 0.25) is 0 Å². The number of esters is 1. The lowest BCUT2D eigenvalue weighted by Gasteiger charge is -2.27. The molecule has 9 nitrogen and oxygen atoms in total. The minimum absolute atomic E-state index is 0.0348. The van der Waals surface area contributed by atoms with Crippen molar-refractivity contribution in [1.82, 2.24) is 5.32 Å². The summed E-state index contributed by atoms with van der Waals surface area (Å²) in [5, 5.41) is 3.08. The number of quaternary nitrogens is 1. The fourth-order valence-electron chi connectivity index (χ4n) is 10.9. The lowest BCUT2D eigenvalue weighted by Crippen LogP contribution is -2.47. The van der Waals surface area contributed by atoms with Gasteiger partial charge < -0.3 is 19.4 Å². The van der Waals surface area contributed by atoms with Gasteiger partial charge in [-0.3, -0.25) is 18.6 Å². The number of nitrogens with one attached hydrogen (secondary N) is 1. The molecule has 1 amide bonds. The molecular weight excluding hydrogens is 1140 g/mol. The van der Waals surface area contributed by atoms with Gasteiger partial charge in [0.2, 0.25) is 5.91 Å². The molecular formula is C81H146N2O7P+. The van der Waals surface area contributed by atoms with Crippen LogP contribution in [0, 0.1) is 0 Å². The van der Waals surface area contributed by atoms with Crippen LogP contribution in [-0.2, 0) is 27.9 Å². The van der Waals surface area contributed by atoms with Crippen LogP contribution in [0.4, 0.5) is 0 Å². The first-order chi connectivity index (χ1) is 44.4. The highest BCUT2D eigenvalue weighted by Gasteiger charge is 2.30. The van der Waals surface area contributed by atoms with Gasteiger partial charge in [0.15, 0.2) is 0 Å². The first-order valence-corrected chi connectivity index (χ1v) is 39.7. The van der Waals surface area contributed by atoms with Crippen LogP contribution >= 0.6 is 7.82 Å². The molecule has 0 bridgehead atoms. The summed E-state index contributed by atoms with van der Waals surface area (Å²) in [7, 11) is 1.49. The van der Waals surface area contributed by atoms with Gasteiger partial charge in [-0.15, -0.1) is 0 Å². The zero-order chi connectivity index (χ0) is 66.3. The minimum atomic E-state index is -4.47. The first kappa shape index (κ1) is 87.7. The number of unbranched alkanes of at least 4 members (excludes halogenated alkanes) is 37. The number of ether oxygens (including phenoxy) is 1. The maximum atomic E-state index is 13.7. The lowest BCUT2D eigenvalue weighted by molar-refractivity contribution is -0.870. The van der Waals surface area contributed by atoms with Crippen LogP contribution in [0.1, 0.15) is 342 Å². The molecule has 2 N–H and O–H groups in total. The van der Waals surface area contributed by atoms with E-state index in [0.717, 1.165) is 116 Å². The van der Waals surface area contributed by atoms with E-state index < -0.39 is 20.0 Å². The van der Waals surface area contributed by atoms with E-state index in [0.29, 0.717) is 17.4 Å². The molecule has 0 rings (SSSR count). The molecule has 0 aliphatic heterocycles. The summed E-state index contributed by atoms with van der Waals surface area (Å²) in [6.07, 6.45) is 96.8. The Hall–Kier alpha value is -3.33. The topological polar surface area (TPSA) is 111 Å². The number of hydrogen-bond acceptors (Lipinski definition) is 6. The molecule has 0 aliphatic carbocycles. The maximum Gasteiger partial charge on any atom is 0.472 e. The largest absolute Gasteiger partial charge is 0.472 e. The van der Waals surface area contributed by atoms with Crippen molar-refractivity contribution >= 4 is 19.7 Å².